The van der Waals surface area contributed by atoms with Crippen LogP contribution in [-0.2, 0) is 0 Å². The normalized spacial score (nSPS) is 31.1. The summed E-state index contributed by atoms with van der Waals surface area (Å²) in [7, 11) is 0. The summed E-state index contributed by atoms with van der Waals surface area (Å²) in [6.45, 7) is 5.71. The van der Waals surface area contributed by atoms with Crippen molar-refractivity contribution in [1.82, 2.24) is 5.32 Å². The highest BCUT2D eigenvalue weighted by molar-refractivity contribution is 8.13. The molecule has 1 heterocycles. The first-order valence-electron chi connectivity index (χ1n) is 7.68. The van der Waals surface area contributed by atoms with Gasteiger partial charge in [0.2, 0.25) is 0 Å². The summed E-state index contributed by atoms with van der Waals surface area (Å²) in [5.74, 6) is 4.93. The van der Waals surface area contributed by atoms with Crippen LogP contribution in [0.2, 0.25) is 0 Å². The Morgan fingerprint density at radius 2 is 1.83 bits per heavy atom. The highest BCUT2D eigenvalue weighted by Gasteiger charge is 2.41. The van der Waals surface area contributed by atoms with Crippen LogP contribution in [0.5, 0.6) is 0 Å². The maximum absolute atomic E-state index is 4.91. The van der Waals surface area contributed by atoms with Gasteiger partial charge in [-0.25, -0.2) is 0 Å². The first-order valence-corrected chi connectivity index (χ1v) is 8.66. The Kier molecular flexibility index (Phi) is 3.88. The molecule has 2 saturated carbocycles. The van der Waals surface area contributed by atoms with Gasteiger partial charge in [-0.05, 0) is 55.8 Å². The molecule has 3 heteroatoms. The van der Waals surface area contributed by atoms with Crippen molar-refractivity contribution in [2.75, 3.05) is 12.3 Å². The maximum Gasteiger partial charge on any atom is 0.156 e. The minimum absolute atomic E-state index is 0.644. The molecule has 3 fully saturated rings. The van der Waals surface area contributed by atoms with Crippen LogP contribution < -0.4 is 5.32 Å². The number of rotatable bonds is 5. The predicted molar refractivity (Wildman–Crippen MR) is 80.1 cm³/mol. The molecule has 1 atom stereocenters. The first-order chi connectivity index (χ1) is 8.74. The Bertz CT molecular complexity index is 306. The van der Waals surface area contributed by atoms with E-state index in [1.165, 1.54) is 43.0 Å². The van der Waals surface area contributed by atoms with Crippen molar-refractivity contribution < 1.29 is 0 Å². The number of aliphatic imine (C=N–C) groups is 1. The van der Waals surface area contributed by atoms with E-state index in [0.29, 0.717) is 6.04 Å². The van der Waals surface area contributed by atoms with Crippen molar-refractivity contribution in [3.63, 3.8) is 0 Å². The Hall–Kier alpha value is -0.180. The van der Waals surface area contributed by atoms with Gasteiger partial charge in [0.05, 0.1) is 0 Å². The van der Waals surface area contributed by atoms with E-state index in [9.17, 15) is 0 Å². The molecule has 1 saturated heterocycles. The van der Waals surface area contributed by atoms with Gasteiger partial charge in [0.25, 0.3) is 0 Å². The fourth-order valence-electron chi connectivity index (χ4n) is 3.07. The zero-order valence-corrected chi connectivity index (χ0v) is 12.5. The summed E-state index contributed by atoms with van der Waals surface area (Å²) in [6, 6.07) is 0.644. The summed E-state index contributed by atoms with van der Waals surface area (Å²) in [4.78, 5) is 4.91. The second-order valence-corrected chi connectivity index (χ2v) is 7.70. The Labute approximate surface area is 115 Å². The Balaban J connectivity index is 1.54. The highest BCUT2D eigenvalue weighted by atomic mass is 32.2. The molecule has 0 radical (unpaired) electrons. The minimum atomic E-state index is 0.644. The van der Waals surface area contributed by atoms with E-state index in [-0.39, 0.29) is 0 Å². The van der Waals surface area contributed by atoms with Crippen LogP contribution in [0.25, 0.3) is 0 Å². The molecule has 2 nitrogen and oxygen atoms in total. The average molecular weight is 266 g/mol. The molecule has 0 amide bonds. The fourth-order valence-corrected chi connectivity index (χ4v) is 4.03. The largest absolute Gasteiger partial charge is 0.362 e. The predicted octanol–water partition coefficient (Wildman–Crippen LogP) is 3.53. The SMILES string of the molecule is CC(C)C1CCSC(=NCC(C2CC2)C2CC2)N1. The summed E-state index contributed by atoms with van der Waals surface area (Å²) >= 11 is 1.93. The van der Waals surface area contributed by atoms with Crippen LogP contribution in [0.4, 0.5) is 0 Å². The fraction of sp³-hybridized carbons (Fsp3) is 0.933. The lowest BCUT2D eigenvalue weighted by molar-refractivity contribution is 0.414. The van der Waals surface area contributed by atoms with Gasteiger partial charge in [-0.3, -0.25) is 4.99 Å². The molecule has 3 rings (SSSR count). The molecule has 0 bridgehead atoms. The maximum atomic E-state index is 4.91. The van der Waals surface area contributed by atoms with E-state index in [4.69, 9.17) is 4.99 Å². The third-order valence-electron chi connectivity index (χ3n) is 4.68. The zero-order valence-electron chi connectivity index (χ0n) is 11.7. The van der Waals surface area contributed by atoms with Crippen molar-refractivity contribution >= 4 is 16.9 Å². The summed E-state index contributed by atoms with van der Waals surface area (Å²) in [6.07, 6.45) is 7.18. The van der Waals surface area contributed by atoms with Gasteiger partial charge in [0, 0.05) is 18.3 Å². The van der Waals surface area contributed by atoms with Crippen LogP contribution >= 0.6 is 11.8 Å². The van der Waals surface area contributed by atoms with Crippen LogP contribution in [0.1, 0.15) is 46.0 Å². The van der Waals surface area contributed by atoms with Gasteiger partial charge in [-0.2, -0.15) is 0 Å². The molecule has 3 aliphatic rings. The van der Waals surface area contributed by atoms with Crippen LogP contribution in [0.3, 0.4) is 0 Å². The van der Waals surface area contributed by atoms with Gasteiger partial charge in [0.15, 0.2) is 5.17 Å². The number of thioether (sulfide) groups is 1. The average Bonchev–Trinajstić information content (AvgIpc) is 3.23. The molecule has 0 aromatic carbocycles. The second kappa shape index (κ2) is 5.44. The monoisotopic (exact) mass is 266 g/mol. The Morgan fingerprint density at radius 1 is 1.17 bits per heavy atom. The lowest BCUT2D eigenvalue weighted by atomic mass is 9.98. The topological polar surface area (TPSA) is 24.4 Å². The lowest BCUT2D eigenvalue weighted by Crippen LogP contribution is -2.41. The molecule has 0 aromatic heterocycles. The van der Waals surface area contributed by atoms with Gasteiger partial charge >= 0.3 is 0 Å². The zero-order chi connectivity index (χ0) is 12.5. The molecular weight excluding hydrogens is 240 g/mol. The van der Waals surface area contributed by atoms with Crippen LogP contribution in [0, 0.1) is 23.7 Å². The molecule has 1 aliphatic heterocycles. The molecule has 2 aliphatic carbocycles. The van der Waals surface area contributed by atoms with E-state index in [1.807, 2.05) is 11.8 Å². The molecule has 0 aromatic rings. The lowest BCUT2D eigenvalue weighted by Gasteiger charge is -2.28. The van der Waals surface area contributed by atoms with Crippen molar-refractivity contribution in [3.8, 4) is 0 Å². The number of nitrogens with zero attached hydrogens (tertiary/aromatic N) is 1. The van der Waals surface area contributed by atoms with Gasteiger partial charge in [-0.1, -0.05) is 25.6 Å². The smallest absolute Gasteiger partial charge is 0.156 e. The van der Waals surface area contributed by atoms with E-state index in [1.54, 1.807) is 0 Å². The first kappa shape index (κ1) is 12.8. The molecule has 102 valence electrons. The molecule has 1 N–H and O–H groups in total. The van der Waals surface area contributed by atoms with Gasteiger partial charge in [0.1, 0.15) is 0 Å². The van der Waals surface area contributed by atoms with Crippen LogP contribution in [0.15, 0.2) is 4.99 Å². The molecule has 18 heavy (non-hydrogen) atoms. The standard InChI is InChI=1S/C15H26N2S/c1-10(2)14-7-8-18-15(17-14)16-9-13(11-3-4-11)12-5-6-12/h10-14H,3-9H2,1-2H3,(H,16,17). The molecule has 1 unspecified atom stereocenters. The number of hydrogen-bond acceptors (Lipinski definition) is 2. The summed E-state index contributed by atoms with van der Waals surface area (Å²) in [5.41, 5.74) is 0. The van der Waals surface area contributed by atoms with Crippen LogP contribution in [-0.4, -0.2) is 23.5 Å². The second-order valence-electron chi connectivity index (χ2n) is 6.62. The Morgan fingerprint density at radius 3 is 2.39 bits per heavy atom. The minimum Gasteiger partial charge on any atom is -0.362 e. The number of nitrogens with one attached hydrogen (secondary N) is 1. The van der Waals surface area contributed by atoms with Crippen molar-refractivity contribution in [2.45, 2.75) is 52.0 Å². The van der Waals surface area contributed by atoms with Gasteiger partial charge < -0.3 is 5.32 Å². The van der Waals surface area contributed by atoms with Gasteiger partial charge in [-0.15, -0.1) is 0 Å². The molecular formula is C15H26N2S. The van der Waals surface area contributed by atoms with E-state index >= 15 is 0 Å². The highest BCUT2D eigenvalue weighted by Crippen LogP contribution is 2.49. The van der Waals surface area contributed by atoms with E-state index < -0.39 is 0 Å². The number of amidine groups is 1. The summed E-state index contributed by atoms with van der Waals surface area (Å²) < 4.78 is 0. The van der Waals surface area contributed by atoms with Crippen molar-refractivity contribution in [3.05, 3.63) is 0 Å². The quantitative estimate of drug-likeness (QED) is 0.823. The van der Waals surface area contributed by atoms with E-state index in [0.717, 1.165) is 30.2 Å². The number of hydrogen-bond donors (Lipinski definition) is 1. The molecule has 0 spiro atoms. The van der Waals surface area contributed by atoms with Crippen molar-refractivity contribution in [1.29, 1.82) is 0 Å². The van der Waals surface area contributed by atoms with E-state index in [2.05, 4.69) is 19.2 Å². The summed E-state index contributed by atoms with van der Waals surface area (Å²) in [5, 5.41) is 4.87. The third-order valence-corrected chi connectivity index (χ3v) is 5.64. The van der Waals surface area contributed by atoms with Crippen molar-refractivity contribution in [2.24, 2.45) is 28.7 Å². The third kappa shape index (κ3) is 3.23.